The minimum atomic E-state index is 0.629. The van der Waals surface area contributed by atoms with E-state index in [0.29, 0.717) is 6.04 Å². The molecule has 1 aliphatic rings. The number of aliphatic imine (C=N–C) groups is 1. The van der Waals surface area contributed by atoms with E-state index in [1.165, 1.54) is 28.3 Å². The Bertz CT molecular complexity index is 385. The van der Waals surface area contributed by atoms with Gasteiger partial charge in [-0.25, -0.2) is 0 Å². The molecule has 1 saturated heterocycles. The van der Waals surface area contributed by atoms with Crippen LogP contribution in [0.15, 0.2) is 17.1 Å². The van der Waals surface area contributed by atoms with Crippen LogP contribution in [0.25, 0.3) is 0 Å². The second-order valence-electron chi connectivity index (χ2n) is 4.23. The fourth-order valence-electron chi connectivity index (χ4n) is 1.83. The minimum Gasteiger partial charge on any atom is -0.362 e. The number of rotatable bonds is 4. The van der Waals surface area contributed by atoms with E-state index in [0.717, 1.165) is 18.1 Å². The van der Waals surface area contributed by atoms with Crippen molar-refractivity contribution in [3.8, 4) is 0 Å². The third kappa shape index (κ3) is 3.75. The predicted octanol–water partition coefficient (Wildman–Crippen LogP) is 3.67. The molecule has 94 valence electrons. The molecule has 4 heteroatoms. The van der Waals surface area contributed by atoms with Gasteiger partial charge in [0.2, 0.25) is 0 Å². The summed E-state index contributed by atoms with van der Waals surface area (Å²) in [6.07, 6.45) is 3.59. The lowest BCUT2D eigenvalue weighted by molar-refractivity contribution is 0.571. The minimum absolute atomic E-state index is 0.629. The van der Waals surface area contributed by atoms with E-state index in [2.05, 4.69) is 36.3 Å². The maximum absolute atomic E-state index is 4.68. The molecule has 1 unspecified atom stereocenters. The predicted molar refractivity (Wildman–Crippen MR) is 79.1 cm³/mol. The monoisotopic (exact) mass is 268 g/mol. The van der Waals surface area contributed by atoms with Gasteiger partial charge in [0.1, 0.15) is 0 Å². The highest BCUT2D eigenvalue weighted by atomic mass is 32.2. The molecule has 0 saturated carbocycles. The molecule has 17 heavy (non-hydrogen) atoms. The van der Waals surface area contributed by atoms with Crippen molar-refractivity contribution in [2.45, 2.75) is 45.7 Å². The van der Waals surface area contributed by atoms with Crippen LogP contribution >= 0.6 is 23.1 Å². The largest absolute Gasteiger partial charge is 0.362 e. The Kier molecular flexibility index (Phi) is 4.92. The van der Waals surface area contributed by atoms with Crippen molar-refractivity contribution in [3.05, 3.63) is 21.9 Å². The van der Waals surface area contributed by atoms with Crippen LogP contribution in [0.3, 0.4) is 0 Å². The first-order valence-corrected chi connectivity index (χ1v) is 8.13. The molecule has 1 aliphatic heterocycles. The first-order valence-electron chi connectivity index (χ1n) is 6.33. The zero-order valence-electron chi connectivity index (χ0n) is 10.5. The summed E-state index contributed by atoms with van der Waals surface area (Å²) in [5.41, 5.74) is 0. The number of hydrogen-bond donors (Lipinski definition) is 1. The smallest absolute Gasteiger partial charge is 0.157 e. The van der Waals surface area contributed by atoms with Crippen LogP contribution in [0.5, 0.6) is 0 Å². The van der Waals surface area contributed by atoms with Crippen LogP contribution in [-0.4, -0.2) is 17.0 Å². The van der Waals surface area contributed by atoms with Gasteiger partial charge in [0.05, 0.1) is 6.54 Å². The van der Waals surface area contributed by atoms with Crippen molar-refractivity contribution in [2.75, 3.05) is 5.75 Å². The van der Waals surface area contributed by atoms with Gasteiger partial charge >= 0.3 is 0 Å². The van der Waals surface area contributed by atoms with Gasteiger partial charge in [-0.15, -0.1) is 11.3 Å². The van der Waals surface area contributed by atoms with Crippen molar-refractivity contribution in [1.29, 1.82) is 0 Å². The molecule has 2 heterocycles. The fraction of sp³-hybridized carbons (Fsp3) is 0.615. The number of hydrogen-bond acceptors (Lipinski definition) is 3. The molecule has 0 aromatic carbocycles. The van der Waals surface area contributed by atoms with Gasteiger partial charge in [-0.3, -0.25) is 4.99 Å². The molecule has 0 aliphatic carbocycles. The Morgan fingerprint density at radius 3 is 2.88 bits per heavy atom. The molecular formula is C13H20N2S2. The lowest BCUT2D eigenvalue weighted by Gasteiger charge is -2.24. The molecule has 2 rings (SSSR count). The van der Waals surface area contributed by atoms with Gasteiger partial charge in [-0.1, -0.05) is 25.6 Å². The van der Waals surface area contributed by atoms with E-state index in [-0.39, 0.29) is 0 Å². The van der Waals surface area contributed by atoms with Gasteiger partial charge in [-0.2, -0.15) is 0 Å². The summed E-state index contributed by atoms with van der Waals surface area (Å²) >= 11 is 3.74. The highest BCUT2D eigenvalue weighted by molar-refractivity contribution is 8.13. The van der Waals surface area contributed by atoms with E-state index in [1.807, 2.05) is 23.1 Å². The highest BCUT2D eigenvalue weighted by Crippen LogP contribution is 2.20. The quantitative estimate of drug-likeness (QED) is 0.901. The van der Waals surface area contributed by atoms with E-state index in [9.17, 15) is 0 Å². The number of amidine groups is 1. The topological polar surface area (TPSA) is 24.4 Å². The van der Waals surface area contributed by atoms with Gasteiger partial charge in [0.15, 0.2) is 5.17 Å². The lowest BCUT2D eigenvalue weighted by Crippen LogP contribution is -2.37. The first-order chi connectivity index (χ1) is 8.31. The van der Waals surface area contributed by atoms with Gasteiger partial charge in [-0.05, 0) is 31.4 Å². The summed E-state index contributed by atoms with van der Waals surface area (Å²) in [6, 6.07) is 5.05. The van der Waals surface area contributed by atoms with Crippen LogP contribution in [0.4, 0.5) is 0 Å². The molecular weight excluding hydrogens is 248 g/mol. The number of thiophene rings is 1. The van der Waals surface area contributed by atoms with Gasteiger partial charge in [0.25, 0.3) is 0 Å². The van der Waals surface area contributed by atoms with Gasteiger partial charge < -0.3 is 5.32 Å². The third-order valence-electron chi connectivity index (χ3n) is 2.97. The Hall–Kier alpha value is -0.480. The average Bonchev–Trinajstić information content (AvgIpc) is 2.84. The maximum Gasteiger partial charge on any atom is 0.157 e. The Labute approximate surface area is 112 Å². The second-order valence-corrected chi connectivity index (χ2v) is 6.57. The van der Waals surface area contributed by atoms with Crippen LogP contribution in [0, 0.1) is 0 Å². The van der Waals surface area contributed by atoms with Crippen molar-refractivity contribution in [2.24, 2.45) is 4.99 Å². The van der Waals surface area contributed by atoms with Gasteiger partial charge in [0, 0.05) is 21.5 Å². The maximum atomic E-state index is 4.68. The summed E-state index contributed by atoms with van der Waals surface area (Å²) < 4.78 is 0. The third-order valence-corrected chi connectivity index (χ3v) is 5.14. The standard InChI is InChI=1S/C13H20N2S2/c1-3-10-7-8-16-13(15-10)14-9-12-6-5-11(4-2)17-12/h5-6,10H,3-4,7-9H2,1-2H3,(H,14,15). The second kappa shape index (κ2) is 6.45. The van der Waals surface area contributed by atoms with Crippen molar-refractivity contribution < 1.29 is 0 Å². The van der Waals surface area contributed by atoms with E-state index >= 15 is 0 Å². The van der Waals surface area contributed by atoms with Crippen LogP contribution in [0.1, 0.15) is 36.4 Å². The molecule has 0 bridgehead atoms. The summed E-state index contributed by atoms with van der Waals surface area (Å²) in [7, 11) is 0. The Balaban J connectivity index is 1.91. The zero-order valence-corrected chi connectivity index (χ0v) is 12.2. The molecule has 0 spiro atoms. The summed E-state index contributed by atoms with van der Waals surface area (Å²) in [6.45, 7) is 5.26. The zero-order chi connectivity index (χ0) is 12.1. The van der Waals surface area contributed by atoms with Crippen LogP contribution in [-0.2, 0) is 13.0 Å². The average molecular weight is 268 g/mol. The van der Waals surface area contributed by atoms with Crippen LogP contribution in [0.2, 0.25) is 0 Å². The van der Waals surface area contributed by atoms with E-state index in [4.69, 9.17) is 0 Å². The SMILES string of the molecule is CCc1ccc(CN=C2NC(CC)CCS2)s1. The molecule has 1 atom stereocenters. The Morgan fingerprint density at radius 1 is 1.35 bits per heavy atom. The number of aryl methyl sites for hydroxylation is 1. The molecule has 1 aromatic heterocycles. The van der Waals surface area contributed by atoms with E-state index < -0.39 is 0 Å². The summed E-state index contributed by atoms with van der Waals surface area (Å²) in [5.74, 6) is 1.20. The molecule has 1 fully saturated rings. The number of nitrogens with zero attached hydrogens (tertiary/aromatic N) is 1. The molecule has 0 radical (unpaired) electrons. The van der Waals surface area contributed by atoms with Crippen molar-refractivity contribution in [1.82, 2.24) is 5.32 Å². The Morgan fingerprint density at radius 2 is 2.18 bits per heavy atom. The molecule has 2 nitrogen and oxygen atoms in total. The lowest BCUT2D eigenvalue weighted by atomic mass is 10.2. The molecule has 1 aromatic rings. The highest BCUT2D eigenvalue weighted by Gasteiger charge is 2.15. The summed E-state index contributed by atoms with van der Waals surface area (Å²) in [4.78, 5) is 7.50. The first kappa shape index (κ1) is 13.0. The van der Waals surface area contributed by atoms with Crippen molar-refractivity contribution in [3.63, 3.8) is 0 Å². The summed E-state index contributed by atoms with van der Waals surface area (Å²) in [5, 5.41) is 4.65. The van der Waals surface area contributed by atoms with E-state index in [1.54, 1.807) is 0 Å². The number of thioether (sulfide) groups is 1. The van der Waals surface area contributed by atoms with Crippen molar-refractivity contribution >= 4 is 28.3 Å². The molecule has 0 amide bonds. The molecule has 1 N–H and O–H groups in total. The van der Waals surface area contributed by atoms with Crippen LogP contribution < -0.4 is 5.32 Å². The normalized spacial score (nSPS) is 22.7. The number of nitrogens with one attached hydrogen (secondary N) is 1. The fourth-order valence-corrected chi connectivity index (χ4v) is 3.71.